The third-order valence-corrected chi connectivity index (χ3v) is 14.8. The predicted octanol–water partition coefficient (Wildman–Crippen LogP) is 7.75. The molecule has 0 bridgehead atoms. The van der Waals surface area contributed by atoms with Crippen LogP contribution in [-0.2, 0) is 9.53 Å². The Labute approximate surface area is 264 Å². The number of Topliss-reactive ketones (excluding diaryl/α,β-unsaturated/α-hetero) is 1. The van der Waals surface area contributed by atoms with Gasteiger partial charge in [0.15, 0.2) is 11.5 Å². The van der Waals surface area contributed by atoms with Gasteiger partial charge in [0, 0.05) is 17.8 Å². The number of aromatic hydroxyl groups is 1. The van der Waals surface area contributed by atoms with E-state index in [0.29, 0.717) is 29.7 Å². The van der Waals surface area contributed by atoms with Crippen LogP contribution >= 0.6 is 0 Å². The van der Waals surface area contributed by atoms with Crippen molar-refractivity contribution in [3.05, 3.63) is 35.4 Å². The van der Waals surface area contributed by atoms with Gasteiger partial charge in [-0.2, -0.15) is 0 Å². The molecule has 4 saturated carbocycles. The first-order valence-electron chi connectivity index (χ1n) is 17.0. The Bertz CT molecular complexity index is 1400. The van der Waals surface area contributed by atoms with Crippen molar-refractivity contribution in [1.82, 2.24) is 0 Å². The number of benzene rings is 1. The Morgan fingerprint density at radius 2 is 1.73 bits per heavy atom. The van der Waals surface area contributed by atoms with Gasteiger partial charge in [-0.05, 0) is 102 Å². The summed E-state index contributed by atoms with van der Waals surface area (Å²) >= 11 is 0. The molecule has 0 aliphatic heterocycles. The number of aliphatic hydroxyl groups is 1. The lowest BCUT2D eigenvalue weighted by Gasteiger charge is -2.72. The number of ketones is 1. The third-order valence-electron chi connectivity index (χ3n) is 14.8. The molecule has 0 unspecified atom stereocenters. The Morgan fingerprint density at radius 3 is 2.41 bits per heavy atom. The minimum absolute atomic E-state index is 0.0339. The fourth-order valence-electron chi connectivity index (χ4n) is 11.9. The molecule has 1 aromatic rings. The van der Waals surface area contributed by atoms with E-state index in [0.717, 1.165) is 12.8 Å². The van der Waals surface area contributed by atoms with Crippen LogP contribution in [0.25, 0.3) is 0 Å². The molecule has 0 saturated heterocycles. The molecular formula is C38H54O6. The zero-order valence-electron chi connectivity index (χ0n) is 28.3. The highest BCUT2D eigenvalue weighted by atomic mass is 16.5. The summed E-state index contributed by atoms with van der Waals surface area (Å²) in [6.07, 6.45) is 7.49. The topological polar surface area (TPSA) is 93.1 Å². The van der Waals surface area contributed by atoms with Gasteiger partial charge in [0.1, 0.15) is 11.9 Å². The molecule has 2 N–H and O–H groups in total. The van der Waals surface area contributed by atoms with Gasteiger partial charge in [0.2, 0.25) is 0 Å². The van der Waals surface area contributed by atoms with Crippen LogP contribution in [0.5, 0.6) is 11.5 Å². The number of aliphatic hydroxyl groups excluding tert-OH is 1. The molecule has 0 amide bonds. The third kappa shape index (κ3) is 4.07. The van der Waals surface area contributed by atoms with E-state index in [-0.39, 0.29) is 51.8 Å². The highest BCUT2D eigenvalue weighted by Crippen LogP contribution is 2.75. The van der Waals surface area contributed by atoms with Gasteiger partial charge < -0.3 is 19.7 Å². The summed E-state index contributed by atoms with van der Waals surface area (Å²) in [6.45, 7) is 18.6. The number of ether oxygens (including phenoxy) is 2. The molecule has 4 fully saturated rings. The van der Waals surface area contributed by atoms with E-state index in [4.69, 9.17) is 9.47 Å². The van der Waals surface area contributed by atoms with Gasteiger partial charge in [-0.3, -0.25) is 4.79 Å². The molecule has 44 heavy (non-hydrogen) atoms. The monoisotopic (exact) mass is 606 g/mol. The average molecular weight is 607 g/mol. The van der Waals surface area contributed by atoms with Crippen molar-refractivity contribution < 1.29 is 29.3 Å². The summed E-state index contributed by atoms with van der Waals surface area (Å²) in [6, 6.07) is 4.57. The van der Waals surface area contributed by atoms with Gasteiger partial charge in [-0.25, -0.2) is 4.79 Å². The number of phenolic OH excluding ortho intramolecular Hbond substituents is 1. The maximum absolute atomic E-state index is 14.3. The molecule has 6 nitrogen and oxygen atoms in total. The number of methoxy groups -OCH3 is 1. The van der Waals surface area contributed by atoms with E-state index in [2.05, 4.69) is 61.5 Å². The summed E-state index contributed by atoms with van der Waals surface area (Å²) in [5.74, 6) is 1.10. The van der Waals surface area contributed by atoms with Crippen LogP contribution < -0.4 is 4.74 Å². The van der Waals surface area contributed by atoms with Crippen LogP contribution in [0, 0.1) is 56.7 Å². The van der Waals surface area contributed by atoms with E-state index in [1.165, 1.54) is 44.1 Å². The highest BCUT2D eigenvalue weighted by molar-refractivity contribution is 5.91. The summed E-state index contributed by atoms with van der Waals surface area (Å²) in [4.78, 5) is 28.3. The molecule has 0 radical (unpaired) electrons. The van der Waals surface area contributed by atoms with Gasteiger partial charge in [0.25, 0.3) is 0 Å². The molecule has 11 atom stereocenters. The fraction of sp³-hybridized carbons (Fsp3) is 0.737. The highest BCUT2D eigenvalue weighted by Gasteiger charge is 2.72. The van der Waals surface area contributed by atoms with E-state index >= 15 is 0 Å². The second-order valence-corrected chi connectivity index (χ2v) is 17.0. The van der Waals surface area contributed by atoms with Crippen molar-refractivity contribution in [1.29, 1.82) is 0 Å². The zero-order valence-corrected chi connectivity index (χ0v) is 28.3. The van der Waals surface area contributed by atoms with Crippen molar-refractivity contribution in [2.45, 2.75) is 113 Å². The number of esters is 1. The molecule has 6 heteroatoms. The van der Waals surface area contributed by atoms with Crippen molar-refractivity contribution in [2.24, 2.45) is 56.7 Å². The van der Waals surface area contributed by atoms with Crippen LogP contribution in [0.3, 0.4) is 0 Å². The number of rotatable bonds is 3. The SMILES string of the molecule is COc1cc(C(=O)O[C@@H]2C[C@@]3(C)[C@@H]4[C@@H](C)[C@H](C)CC[C@]4(C)CC[C@]3(C)C3=CC[C@H]4C(C)(C)[C@H](O)CC(=O)[C@]4(C)[C@H]32)ccc1O. The quantitative estimate of drug-likeness (QED) is 0.270. The molecule has 0 spiro atoms. The van der Waals surface area contributed by atoms with Gasteiger partial charge >= 0.3 is 5.97 Å². The van der Waals surface area contributed by atoms with Crippen molar-refractivity contribution in [3.63, 3.8) is 0 Å². The molecule has 5 aliphatic rings. The Morgan fingerprint density at radius 1 is 1.02 bits per heavy atom. The Balaban J connectivity index is 1.51. The number of phenols is 1. The second-order valence-electron chi connectivity index (χ2n) is 17.0. The number of hydrogen-bond donors (Lipinski definition) is 2. The Kier molecular flexibility index (Phi) is 7.25. The normalized spacial score (nSPS) is 46.0. The lowest BCUT2D eigenvalue weighted by Crippen LogP contribution is -2.69. The summed E-state index contributed by atoms with van der Waals surface area (Å²) in [7, 11) is 1.46. The first kappa shape index (κ1) is 31.6. The number of allylic oxidation sites excluding steroid dienone is 1. The van der Waals surface area contributed by atoms with Crippen LogP contribution in [0.15, 0.2) is 29.8 Å². The molecule has 0 heterocycles. The molecule has 0 aromatic heterocycles. The molecule has 5 aliphatic carbocycles. The first-order valence-corrected chi connectivity index (χ1v) is 17.0. The summed E-state index contributed by atoms with van der Waals surface area (Å²) < 4.78 is 11.9. The van der Waals surface area contributed by atoms with Crippen LogP contribution in [-0.4, -0.2) is 41.3 Å². The molecule has 6 rings (SSSR count). The fourth-order valence-corrected chi connectivity index (χ4v) is 11.9. The Hall–Kier alpha value is -2.34. The van der Waals surface area contributed by atoms with Crippen LogP contribution in [0.4, 0.5) is 0 Å². The number of carbonyl (C=O) groups is 2. The minimum Gasteiger partial charge on any atom is -0.504 e. The number of carbonyl (C=O) groups excluding carboxylic acids is 2. The maximum atomic E-state index is 14.3. The molecule has 1 aromatic carbocycles. The van der Waals surface area contributed by atoms with E-state index < -0.39 is 29.0 Å². The zero-order chi connectivity index (χ0) is 32.2. The summed E-state index contributed by atoms with van der Waals surface area (Å²) in [5.41, 5.74) is 0.362. The second kappa shape index (κ2) is 10.1. The van der Waals surface area contributed by atoms with Crippen molar-refractivity contribution in [3.8, 4) is 11.5 Å². The lowest BCUT2D eigenvalue weighted by atomic mass is 9.33. The van der Waals surface area contributed by atoms with Crippen LogP contribution in [0.1, 0.15) is 111 Å². The predicted molar refractivity (Wildman–Crippen MR) is 170 cm³/mol. The smallest absolute Gasteiger partial charge is 0.338 e. The van der Waals surface area contributed by atoms with Crippen LogP contribution in [0.2, 0.25) is 0 Å². The van der Waals surface area contributed by atoms with Gasteiger partial charge in [-0.15, -0.1) is 0 Å². The average Bonchev–Trinajstić information content (AvgIpc) is 2.95. The lowest BCUT2D eigenvalue weighted by molar-refractivity contribution is -0.210. The van der Waals surface area contributed by atoms with E-state index in [9.17, 15) is 19.8 Å². The van der Waals surface area contributed by atoms with Gasteiger partial charge in [0.05, 0.1) is 18.8 Å². The standard InChI is InChI=1S/C38H54O6/c1-21-14-15-35(5)16-17-36(6)24-11-13-28-34(3,4)29(40)19-30(41)38(28,8)31(24)27(20-37(36,7)32(35)22(21)2)44-33(42)23-10-12-25(39)26(18-23)43-9/h10-12,18,21-22,27-29,31-32,39-40H,13-17,19-20H2,1-9H3/t21-,22+,27-,28+,29-,31-,32-,35-,36-,37+,38-/m1/s1. The molecule has 242 valence electrons. The van der Waals surface area contributed by atoms with Gasteiger partial charge in [-0.1, -0.05) is 67.0 Å². The maximum Gasteiger partial charge on any atom is 0.338 e. The molecular weight excluding hydrogens is 552 g/mol. The first-order chi connectivity index (χ1) is 20.5. The summed E-state index contributed by atoms with van der Waals surface area (Å²) in [5, 5.41) is 21.3. The van der Waals surface area contributed by atoms with E-state index in [1.54, 1.807) is 6.07 Å². The minimum atomic E-state index is -0.763. The largest absolute Gasteiger partial charge is 0.504 e. The number of fused-ring (bicyclic) bond motifs is 7. The van der Waals surface area contributed by atoms with Crippen molar-refractivity contribution in [2.75, 3.05) is 7.11 Å². The van der Waals surface area contributed by atoms with Crippen molar-refractivity contribution >= 4 is 11.8 Å². The van der Waals surface area contributed by atoms with E-state index in [1.807, 2.05) is 0 Å². The number of hydrogen-bond acceptors (Lipinski definition) is 6.